The second-order valence-electron chi connectivity index (χ2n) is 4.27. The zero-order valence-corrected chi connectivity index (χ0v) is 13.5. The Hall–Kier alpha value is -1.28. The number of halogens is 2. The zero-order valence-electron chi connectivity index (χ0n) is 10.3. The molecule has 1 amide bonds. The van der Waals surface area contributed by atoms with Gasteiger partial charge < -0.3 is 0 Å². The molecule has 1 fully saturated rings. The van der Waals surface area contributed by atoms with Gasteiger partial charge in [-0.15, -0.1) is 11.3 Å². The van der Waals surface area contributed by atoms with Gasteiger partial charge in [-0.1, -0.05) is 53.5 Å². The largest absolute Gasteiger partial charge is 0.326 e. The Morgan fingerprint density at radius 1 is 1.19 bits per heavy atom. The Bertz CT molecular complexity index is 819. The highest BCUT2D eigenvalue weighted by Crippen LogP contribution is 2.49. The third kappa shape index (κ3) is 2.50. The van der Waals surface area contributed by atoms with Crippen LogP contribution in [0.3, 0.4) is 0 Å². The van der Waals surface area contributed by atoms with E-state index in [0.29, 0.717) is 4.88 Å². The van der Waals surface area contributed by atoms with Gasteiger partial charge in [0.2, 0.25) is 0 Å². The summed E-state index contributed by atoms with van der Waals surface area (Å²) in [7, 11) is -3.93. The van der Waals surface area contributed by atoms with Crippen molar-refractivity contribution in [2.24, 2.45) is 0 Å². The van der Waals surface area contributed by atoms with Crippen LogP contribution in [0.25, 0.3) is 10.4 Å². The third-order valence-electron chi connectivity index (χ3n) is 2.89. The Morgan fingerprint density at radius 2 is 1.86 bits per heavy atom. The molecule has 1 aromatic heterocycles. The highest BCUT2D eigenvalue weighted by molar-refractivity contribution is 7.92. The second-order valence-corrected chi connectivity index (χ2v) is 7.87. The van der Waals surface area contributed by atoms with E-state index < -0.39 is 16.1 Å². The van der Waals surface area contributed by atoms with Crippen LogP contribution in [-0.4, -0.2) is 20.9 Å². The number of amides is 1. The summed E-state index contributed by atoms with van der Waals surface area (Å²) >= 11 is 13.6. The fraction of sp³-hybridized carbons (Fsp3) is 0.0833. The van der Waals surface area contributed by atoms with E-state index >= 15 is 0 Å². The molecule has 1 saturated heterocycles. The molecule has 0 radical (unpaired) electrons. The molecule has 0 atom stereocenters. The van der Waals surface area contributed by atoms with Crippen molar-refractivity contribution >= 4 is 56.3 Å². The zero-order chi connectivity index (χ0) is 15.2. The van der Waals surface area contributed by atoms with Gasteiger partial charge in [-0.2, -0.15) is 8.42 Å². The van der Waals surface area contributed by atoms with Crippen LogP contribution < -0.4 is 9.03 Å². The maximum absolute atomic E-state index is 11.9. The van der Waals surface area contributed by atoms with Crippen molar-refractivity contribution in [1.82, 2.24) is 4.72 Å². The van der Waals surface area contributed by atoms with Gasteiger partial charge in [-0.05, 0) is 5.56 Å². The first-order valence-corrected chi connectivity index (χ1v) is 8.78. The quantitative estimate of drug-likeness (QED) is 0.892. The van der Waals surface area contributed by atoms with Crippen molar-refractivity contribution in [2.75, 3.05) is 10.8 Å². The molecule has 1 aliphatic rings. The minimum atomic E-state index is -3.93. The molecule has 0 unspecified atom stereocenters. The highest BCUT2D eigenvalue weighted by atomic mass is 35.5. The van der Waals surface area contributed by atoms with E-state index in [1.165, 1.54) is 11.3 Å². The third-order valence-corrected chi connectivity index (χ3v) is 6.18. The summed E-state index contributed by atoms with van der Waals surface area (Å²) in [5.74, 6) is -0.616. The van der Waals surface area contributed by atoms with Crippen LogP contribution in [-0.2, 0) is 15.0 Å². The van der Waals surface area contributed by atoms with E-state index in [0.717, 1.165) is 9.87 Å². The number of hydrogen-bond acceptors (Lipinski definition) is 4. The van der Waals surface area contributed by atoms with Gasteiger partial charge in [0, 0.05) is 0 Å². The lowest BCUT2D eigenvalue weighted by molar-refractivity contribution is -0.117. The van der Waals surface area contributed by atoms with Crippen LogP contribution in [0, 0.1) is 0 Å². The molecule has 21 heavy (non-hydrogen) atoms. The molecule has 5 nitrogen and oxygen atoms in total. The number of anilines is 1. The number of nitrogens with one attached hydrogen (secondary N) is 1. The topological polar surface area (TPSA) is 66.5 Å². The van der Waals surface area contributed by atoms with Gasteiger partial charge in [0.05, 0.1) is 9.90 Å². The molecule has 2 aromatic rings. The molecule has 110 valence electrons. The Balaban J connectivity index is 2.14. The molecule has 0 aliphatic carbocycles. The average molecular weight is 363 g/mol. The Kier molecular flexibility index (Phi) is 3.61. The van der Waals surface area contributed by atoms with Crippen LogP contribution in [0.4, 0.5) is 5.69 Å². The first-order valence-electron chi connectivity index (χ1n) is 5.76. The van der Waals surface area contributed by atoms with Gasteiger partial charge in [0.25, 0.3) is 5.91 Å². The number of thiophene rings is 1. The number of carbonyl (C=O) groups excluding carboxylic acids is 1. The molecule has 0 spiro atoms. The molecule has 1 aromatic carbocycles. The van der Waals surface area contributed by atoms with Crippen molar-refractivity contribution in [3.63, 3.8) is 0 Å². The maximum Gasteiger partial charge on any atom is 0.326 e. The summed E-state index contributed by atoms with van der Waals surface area (Å²) in [6, 6.07) is 9.24. The summed E-state index contributed by atoms with van der Waals surface area (Å²) in [5.41, 5.74) is 0.970. The average Bonchev–Trinajstić information content (AvgIpc) is 2.86. The monoisotopic (exact) mass is 362 g/mol. The summed E-state index contributed by atoms with van der Waals surface area (Å²) in [5, 5.41) is 0.219. The Morgan fingerprint density at radius 3 is 2.43 bits per heavy atom. The van der Waals surface area contributed by atoms with Gasteiger partial charge in [-0.25, -0.2) is 9.03 Å². The maximum atomic E-state index is 11.9. The summed E-state index contributed by atoms with van der Waals surface area (Å²) in [6.07, 6.45) is 0. The van der Waals surface area contributed by atoms with Gasteiger partial charge in [0.1, 0.15) is 16.6 Å². The highest BCUT2D eigenvalue weighted by Gasteiger charge is 2.38. The summed E-state index contributed by atoms with van der Waals surface area (Å²) < 4.78 is 26.8. The minimum Gasteiger partial charge on any atom is -0.272 e. The number of hydrogen-bond donors (Lipinski definition) is 1. The molecule has 0 bridgehead atoms. The van der Waals surface area contributed by atoms with E-state index in [1.54, 1.807) is 0 Å². The van der Waals surface area contributed by atoms with Crippen molar-refractivity contribution in [3.8, 4) is 10.4 Å². The predicted molar refractivity (Wildman–Crippen MR) is 84.2 cm³/mol. The summed E-state index contributed by atoms with van der Waals surface area (Å²) in [4.78, 5) is 12.0. The van der Waals surface area contributed by atoms with Crippen LogP contribution in [0.2, 0.25) is 9.36 Å². The van der Waals surface area contributed by atoms with E-state index in [4.69, 9.17) is 23.2 Å². The summed E-state index contributed by atoms with van der Waals surface area (Å²) in [6.45, 7) is -0.327. The van der Waals surface area contributed by atoms with Crippen molar-refractivity contribution < 1.29 is 13.2 Å². The number of benzene rings is 1. The molecule has 2 heterocycles. The van der Waals surface area contributed by atoms with Crippen LogP contribution in [0.5, 0.6) is 0 Å². The van der Waals surface area contributed by atoms with Crippen molar-refractivity contribution in [3.05, 3.63) is 39.7 Å². The first-order chi connectivity index (χ1) is 9.90. The Labute approximate surface area is 135 Å². The first kappa shape index (κ1) is 14.6. The second kappa shape index (κ2) is 5.17. The van der Waals surface area contributed by atoms with Crippen LogP contribution in [0.1, 0.15) is 0 Å². The van der Waals surface area contributed by atoms with Gasteiger partial charge in [0.15, 0.2) is 0 Å². The van der Waals surface area contributed by atoms with Crippen molar-refractivity contribution in [1.29, 1.82) is 0 Å². The lowest BCUT2D eigenvalue weighted by atomic mass is 10.2. The fourth-order valence-electron chi connectivity index (χ4n) is 2.01. The molecule has 1 aliphatic heterocycles. The number of carbonyl (C=O) groups is 1. The lowest BCUT2D eigenvalue weighted by Gasteiger charge is -2.14. The lowest BCUT2D eigenvalue weighted by Crippen LogP contribution is -2.29. The van der Waals surface area contributed by atoms with Gasteiger partial charge in [-0.3, -0.25) is 4.79 Å². The minimum absolute atomic E-state index is 0.139. The standard InChI is InChI=1S/C12H8Cl2N2O3S2/c13-9-10(16-6-8(17)15-21(16,18)19)12(14)20-11(9)7-4-2-1-3-5-7/h1-5H,6H2,(H,15,17). The SMILES string of the molecule is O=C1CN(c2c(Cl)sc(-c3ccccc3)c2Cl)S(=O)(=O)N1. The molecule has 9 heteroatoms. The number of rotatable bonds is 2. The van der Waals surface area contributed by atoms with Crippen LogP contribution in [0.15, 0.2) is 30.3 Å². The molecule has 1 N–H and O–H groups in total. The fourth-order valence-corrected chi connectivity index (χ4v) is 5.22. The predicted octanol–water partition coefficient (Wildman–Crippen LogP) is 2.90. The molecule has 0 saturated carbocycles. The molecular weight excluding hydrogens is 355 g/mol. The molecule has 3 rings (SSSR count). The number of nitrogens with zero attached hydrogens (tertiary/aromatic N) is 1. The smallest absolute Gasteiger partial charge is 0.272 e. The van der Waals surface area contributed by atoms with E-state index in [9.17, 15) is 13.2 Å². The normalized spacial score (nSPS) is 17.0. The van der Waals surface area contributed by atoms with Gasteiger partial charge >= 0.3 is 10.2 Å². The van der Waals surface area contributed by atoms with Crippen molar-refractivity contribution in [2.45, 2.75) is 0 Å². The van der Waals surface area contributed by atoms with Crippen LogP contribution >= 0.6 is 34.5 Å². The van der Waals surface area contributed by atoms with E-state index in [2.05, 4.69) is 0 Å². The van der Waals surface area contributed by atoms with E-state index in [-0.39, 0.29) is 21.6 Å². The molecular formula is C12H8Cl2N2O3S2. The van der Waals surface area contributed by atoms with E-state index in [1.807, 2.05) is 35.1 Å².